The molecule has 74 valence electrons. The summed E-state index contributed by atoms with van der Waals surface area (Å²) >= 11 is 1.84. The molecule has 1 aromatic rings. The monoisotopic (exact) mass is 218 g/mol. The van der Waals surface area contributed by atoms with Crippen LogP contribution in [0.3, 0.4) is 0 Å². The van der Waals surface area contributed by atoms with Gasteiger partial charge in [0.15, 0.2) is 0 Å². The number of rotatable bonds is 1. The largest absolute Gasteiger partial charge is 0.330 e. The summed E-state index contributed by atoms with van der Waals surface area (Å²) in [4.78, 5) is 5.98. The van der Waals surface area contributed by atoms with Crippen LogP contribution in [0.25, 0.3) is 0 Å². The van der Waals surface area contributed by atoms with Crippen molar-refractivity contribution in [3.05, 3.63) is 15.6 Å². The SMILES string of the molecule is Cc1nc2c(s1)CC(CN)CC2.Cl. The number of nitrogens with zero attached hydrogens (tertiary/aromatic N) is 1. The molecule has 13 heavy (non-hydrogen) atoms. The Morgan fingerprint density at radius 2 is 2.38 bits per heavy atom. The molecule has 0 spiro atoms. The Labute approximate surface area is 89.0 Å². The van der Waals surface area contributed by atoms with Crippen LogP contribution in [0, 0.1) is 12.8 Å². The van der Waals surface area contributed by atoms with Crippen molar-refractivity contribution < 1.29 is 0 Å². The van der Waals surface area contributed by atoms with E-state index in [0.29, 0.717) is 5.92 Å². The van der Waals surface area contributed by atoms with E-state index in [1.807, 2.05) is 11.3 Å². The van der Waals surface area contributed by atoms with Crippen molar-refractivity contribution in [2.75, 3.05) is 6.54 Å². The van der Waals surface area contributed by atoms with Gasteiger partial charge < -0.3 is 5.73 Å². The maximum atomic E-state index is 5.65. The number of fused-ring (bicyclic) bond motifs is 1. The zero-order valence-corrected chi connectivity index (χ0v) is 9.38. The molecule has 0 bridgehead atoms. The predicted octanol–water partition coefficient (Wildman–Crippen LogP) is 1.94. The number of nitrogens with two attached hydrogens (primary N) is 1. The molecule has 1 aliphatic carbocycles. The molecule has 1 unspecified atom stereocenters. The van der Waals surface area contributed by atoms with E-state index < -0.39 is 0 Å². The highest BCUT2D eigenvalue weighted by atomic mass is 35.5. The molecule has 1 aromatic heterocycles. The van der Waals surface area contributed by atoms with E-state index in [1.165, 1.54) is 22.0 Å². The summed E-state index contributed by atoms with van der Waals surface area (Å²) in [5, 5.41) is 1.21. The Hall–Kier alpha value is -0.120. The van der Waals surface area contributed by atoms with Crippen molar-refractivity contribution >= 4 is 23.7 Å². The number of aryl methyl sites for hydroxylation is 2. The minimum Gasteiger partial charge on any atom is -0.330 e. The summed E-state index contributed by atoms with van der Waals surface area (Å²) in [5.74, 6) is 0.706. The van der Waals surface area contributed by atoms with Crippen LogP contribution in [0.5, 0.6) is 0 Å². The molecule has 2 rings (SSSR count). The molecule has 4 heteroatoms. The van der Waals surface area contributed by atoms with Crippen molar-refractivity contribution in [3.8, 4) is 0 Å². The molecule has 0 saturated carbocycles. The quantitative estimate of drug-likeness (QED) is 0.783. The lowest BCUT2D eigenvalue weighted by Gasteiger charge is -2.18. The molecule has 1 heterocycles. The summed E-state index contributed by atoms with van der Waals surface area (Å²) in [6.45, 7) is 2.91. The fourth-order valence-corrected chi connectivity index (χ4v) is 2.87. The third-order valence-electron chi connectivity index (χ3n) is 2.48. The molecule has 0 saturated heterocycles. The molecule has 0 fully saturated rings. The smallest absolute Gasteiger partial charge is 0.0900 e. The Bertz CT molecular complexity index is 285. The van der Waals surface area contributed by atoms with Crippen LogP contribution in [0.15, 0.2) is 0 Å². The van der Waals surface area contributed by atoms with Gasteiger partial charge in [-0.05, 0) is 38.6 Å². The highest BCUT2D eigenvalue weighted by molar-refractivity contribution is 7.11. The van der Waals surface area contributed by atoms with E-state index in [0.717, 1.165) is 19.4 Å². The number of halogens is 1. The predicted molar refractivity (Wildman–Crippen MR) is 58.7 cm³/mol. The fraction of sp³-hybridized carbons (Fsp3) is 0.667. The van der Waals surface area contributed by atoms with Crippen molar-refractivity contribution in [1.29, 1.82) is 0 Å². The zero-order valence-electron chi connectivity index (χ0n) is 7.75. The van der Waals surface area contributed by atoms with Gasteiger partial charge in [0.1, 0.15) is 0 Å². The van der Waals surface area contributed by atoms with Crippen LogP contribution >= 0.6 is 23.7 Å². The van der Waals surface area contributed by atoms with Crippen LogP contribution in [-0.2, 0) is 12.8 Å². The molecule has 0 amide bonds. The Morgan fingerprint density at radius 1 is 1.62 bits per heavy atom. The van der Waals surface area contributed by atoms with Crippen molar-refractivity contribution in [1.82, 2.24) is 4.98 Å². The number of thiazole rings is 1. The zero-order chi connectivity index (χ0) is 8.55. The van der Waals surface area contributed by atoms with Gasteiger partial charge in [-0.15, -0.1) is 23.7 Å². The Kier molecular flexibility index (Phi) is 3.71. The van der Waals surface area contributed by atoms with E-state index in [4.69, 9.17) is 5.73 Å². The van der Waals surface area contributed by atoms with Gasteiger partial charge in [0, 0.05) is 4.88 Å². The highest BCUT2D eigenvalue weighted by Crippen LogP contribution is 2.28. The lowest BCUT2D eigenvalue weighted by molar-refractivity contribution is 0.469. The molecule has 2 N–H and O–H groups in total. The highest BCUT2D eigenvalue weighted by Gasteiger charge is 2.20. The summed E-state index contributed by atoms with van der Waals surface area (Å²) in [6.07, 6.45) is 3.53. The number of aromatic nitrogens is 1. The van der Waals surface area contributed by atoms with Gasteiger partial charge in [0.25, 0.3) is 0 Å². The lowest BCUT2D eigenvalue weighted by Crippen LogP contribution is -2.21. The first-order valence-corrected chi connectivity index (χ1v) is 5.26. The molecular formula is C9H15ClN2S. The second kappa shape index (κ2) is 4.40. The second-order valence-corrected chi connectivity index (χ2v) is 4.74. The summed E-state index contributed by atoms with van der Waals surface area (Å²) in [7, 11) is 0. The molecule has 0 aliphatic heterocycles. The van der Waals surface area contributed by atoms with Gasteiger partial charge in [-0.1, -0.05) is 0 Å². The Morgan fingerprint density at radius 3 is 3.08 bits per heavy atom. The van der Waals surface area contributed by atoms with E-state index in [-0.39, 0.29) is 12.4 Å². The summed E-state index contributed by atoms with van der Waals surface area (Å²) < 4.78 is 0. The van der Waals surface area contributed by atoms with Crippen LogP contribution in [0.4, 0.5) is 0 Å². The maximum Gasteiger partial charge on any atom is 0.0900 e. The second-order valence-electron chi connectivity index (χ2n) is 3.45. The molecule has 1 atom stereocenters. The van der Waals surface area contributed by atoms with Gasteiger partial charge in [0.05, 0.1) is 10.7 Å². The molecule has 0 aromatic carbocycles. The average Bonchev–Trinajstić information content (AvgIpc) is 2.43. The van der Waals surface area contributed by atoms with Gasteiger partial charge in [-0.25, -0.2) is 4.98 Å². The normalized spacial score (nSPS) is 20.6. The first kappa shape index (κ1) is 11.0. The summed E-state index contributed by atoms with van der Waals surface area (Å²) in [5.41, 5.74) is 6.99. The van der Waals surface area contributed by atoms with Gasteiger partial charge in [0.2, 0.25) is 0 Å². The minimum absolute atomic E-state index is 0. The van der Waals surface area contributed by atoms with Crippen LogP contribution < -0.4 is 5.73 Å². The third kappa shape index (κ3) is 2.22. The van der Waals surface area contributed by atoms with E-state index in [2.05, 4.69) is 11.9 Å². The molecule has 0 radical (unpaired) electrons. The van der Waals surface area contributed by atoms with Gasteiger partial charge in [-0.2, -0.15) is 0 Å². The standard InChI is InChI=1S/C9H14N2S.ClH/c1-6-11-8-3-2-7(5-10)4-9(8)12-6;/h7H,2-5,10H2,1H3;1H. The van der Waals surface area contributed by atoms with Crippen LogP contribution in [0.2, 0.25) is 0 Å². The molecule has 1 aliphatic rings. The summed E-state index contributed by atoms with van der Waals surface area (Å²) in [6, 6.07) is 0. The maximum absolute atomic E-state index is 5.65. The molecule has 2 nitrogen and oxygen atoms in total. The van der Waals surface area contributed by atoms with E-state index in [9.17, 15) is 0 Å². The van der Waals surface area contributed by atoms with Crippen molar-refractivity contribution in [2.45, 2.75) is 26.2 Å². The molecular weight excluding hydrogens is 204 g/mol. The van der Waals surface area contributed by atoms with Crippen LogP contribution in [-0.4, -0.2) is 11.5 Å². The number of hydrogen-bond donors (Lipinski definition) is 1. The van der Waals surface area contributed by atoms with E-state index >= 15 is 0 Å². The lowest BCUT2D eigenvalue weighted by atomic mass is 9.91. The Balaban J connectivity index is 0.000000845. The average molecular weight is 219 g/mol. The first-order chi connectivity index (χ1) is 5.79. The first-order valence-electron chi connectivity index (χ1n) is 4.45. The van der Waals surface area contributed by atoms with Crippen molar-refractivity contribution in [2.24, 2.45) is 11.7 Å². The minimum atomic E-state index is 0. The topological polar surface area (TPSA) is 38.9 Å². The fourth-order valence-electron chi connectivity index (χ4n) is 1.77. The van der Waals surface area contributed by atoms with E-state index in [1.54, 1.807) is 0 Å². The van der Waals surface area contributed by atoms with Gasteiger partial charge >= 0.3 is 0 Å². The third-order valence-corrected chi connectivity index (χ3v) is 3.52. The number of hydrogen-bond acceptors (Lipinski definition) is 3. The van der Waals surface area contributed by atoms with Crippen molar-refractivity contribution in [3.63, 3.8) is 0 Å². The van der Waals surface area contributed by atoms with Gasteiger partial charge in [-0.3, -0.25) is 0 Å². The van der Waals surface area contributed by atoms with Crippen LogP contribution in [0.1, 0.15) is 22.0 Å².